The molecule has 30 heavy (non-hydrogen) atoms. The first-order valence-corrected chi connectivity index (χ1v) is 9.56. The van der Waals surface area contributed by atoms with E-state index in [2.05, 4.69) is 5.32 Å². The van der Waals surface area contributed by atoms with Gasteiger partial charge in [-0.15, -0.1) is 0 Å². The van der Waals surface area contributed by atoms with E-state index in [4.69, 9.17) is 23.7 Å². The first kappa shape index (κ1) is 22.9. The number of hydrogen-bond donors (Lipinski definition) is 1. The molecule has 0 atom stereocenters. The van der Waals surface area contributed by atoms with E-state index >= 15 is 0 Å². The summed E-state index contributed by atoms with van der Waals surface area (Å²) >= 11 is 0. The average Bonchev–Trinajstić information content (AvgIpc) is 2.74. The smallest absolute Gasteiger partial charge is 0.310 e. The lowest BCUT2D eigenvalue weighted by atomic mass is 10.1. The van der Waals surface area contributed by atoms with Crippen molar-refractivity contribution in [2.45, 2.75) is 20.3 Å². The first-order valence-electron chi connectivity index (χ1n) is 9.56. The summed E-state index contributed by atoms with van der Waals surface area (Å²) in [5.74, 6) is 1.24. The summed E-state index contributed by atoms with van der Waals surface area (Å²) in [7, 11) is 3.03. The predicted molar refractivity (Wildman–Crippen MR) is 112 cm³/mol. The third kappa shape index (κ3) is 6.88. The molecule has 0 aliphatic heterocycles. The van der Waals surface area contributed by atoms with Gasteiger partial charge in [0.2, 0.25) is 0 Å². The Morgan fingerprint density at radius 1 is 0.867 bits per heavy atom. The van der Waals surface area contributed by atoms with Gasteiger partial charge in [0.25, 0.3) is 5.91 Å². The Morgan fingerprint density at radius 3 is 2.10 bits per heavy atom. The summed E-state index contributed by atoms with van der Waals surface area (Å²) < 4.78 is 26.5. The van der Waals surface area contributed by atoms with Gasteiger partial charge in [-0.3, -0.25) is 9.59 Å². The fraction of sp³-hybridized carbons (Fsp3) is 0.364. The van der Waals surface area contributed by atoms with E-state index in [1.807, 2.05) is 13.8 Å². The van der Waals surface area contributed by atoms with Gasteiger partial charge in [-0.25, -0.2) is 0 Å². The highest BCUT2D eigenvalue weighted by atomic mass is 16.5. The average molecular weight is 417 g/mol. The van der Waals surface area contributed by atoms with Gasteiger partial charge < -0.3 is 29.0 Å². The Balaban J connectivity index is 1.91. The molecule has 0 unspecified atom stereocenters. The van der Waals surface area contributed by atoms with Crippen LogP contribution in [0.1, 0.15) is 19.4 Å². The van der Waals surface area contributed by atoms with Gasteiger partial charge >= 0.3 is 5.97 Å². The summed E-state index contributed by atoms with van der Waals surface area (Å²) in [6, 6.07) is 10.2. The molecule has 0 heterocycles. The topological polar surface area (TPSA) is 92.3 Å². The number of esters is 1. The van der Waals surface area contributed by atoms with E-state index < -0.39 is 18.5 Å². The maximum atomic E-state index is 12.1. The largest absolute Gasteiger partial charge is 0.497 e. The Labute approximate surface area is 176 Å². The summed E-state index contributed by atoms with van der Waals surface area (Å²) in [5, 5.41) is 2.65. The van der Waals surface area contributed by atoms with Crippen LogP contribution in [0.5, 0.6) is 23.0 Å². The Hall–Kier alpha value is -3.42. The third-order valence-electron chi connectivity index (χ3n) is 3.96. The van der Waals surface area contributed by atoms with E-state index in [1.165, 1.54) is 14.2 Å². The second kappa shape index (κ2) is 11.5. The minimum absolute atomic E-state index is 0.00669. The molecule has 0 aliphatic carbocycles. The van der Waals surface area contributed by atoms with Crippen LogP contribution in [-0.4, -0.2) is 45.9 Å². The Bertz CT molecular complexity index is 844. The lowest BCUT2D eigenvalue weighted by molar-refractivity contribution is -0.146. The summed E-state index contributed by atoms with van der Waals surface area (Å²) in [4.78, 5) is 24.3. The van der Waals surface area contributed by atoms with Crippen molar-refractivity contribution in [3.05, 3.63) is 42.0 Å². The van der Waals surface area contributed by atoms with Crippen LogP contribution in [0.15, 0.2) is 36.4 Å². The van der Waals surface area contributed by atoms with Crippen molar-refractivity contribution in [2.75, 3.05) is 39.4 Å². The predicted octanol–water partition coefficient (Wildman–Crippen LogP) is 3.23. The lowest BCUT2D eigenvalue weighted by Gasteiger charge is -2.12. The first-order chi connectivity index (χ1) is 14.5. The van der Waals surface area contributed by atoms with E-state index in [9.17, 15) is 9.59 Å². The van der Waals surface area contributed by atoms with Crippen molar-refractivity contribution in [3.8, 4) is 23.0 Å². The molecule has 0 saturated heterocycles. The van der Waals surface area contributed by atoms with Crippen LogP contribution in [0.25, 0.3) is 0 Å². The molecular formula is C22H27NO7. The second-order valence-corrected chi connectivity index (χ2v) is 6.13. The van der Waals surface area contributed by atoms with E-state index in [-0.39, 0.29) is 6.42 Å². The van der Waals surface area contributed by atoms with Crippen molar-refractivity contribution < 1.29 is 33.3 Å². The van der Waals surface area contributed by atoms with E-state index in [0.717, 1.165) is 0 Å². The van der Waals surface area contributed by atoms with Gasteiger partial charge in [-0.2, -0.15) is 0 Å². The number of anilines is 1. The van der Waals surface area contributed by atoms with Crippen LogP contribution in [-0.2, 0) is 20.7 Å². The molecule has 0 saturated carbocycles. The summed E-state index contributed by atoms with van der Waals surface area (Å²) in [5.41, 5.74) is 1.17. The molecule has 2 aromatic carbocycles. The highest BCUT2D eigenvalue weighted by Gasteiger charge is 2.13. The van der Waals surface area contributed by atoms with Crippen LogP contribution in [0, 0.1) is 0 Å². The van der Waals surface area contributed by atoms with Crippen molar-refractivity contribution in [2.24, 2.45) is 0 Å². The number of carbonyl (C=O) groups is 2. The molecule has 0 bridgehead atoms. The van der Waals surface area contributed by atoms with Crippen LogP contribution in [0.2, 0.25) is 0 Å². The zero-order valence-electron chi connectivity index (χ0n) is 17.7. The molecule has 8 nitrogen and oxygen atoms in total. The SMILES string of the molecule is CCOc1ccc(CC(=O)OCC(=O)Nc2cc(OC)cc(OC)c2)cc1OCC. The third-order valence-corrected chi connectivity index (χ3v) is 3.96. The number of methoxy groups -OCH3 is 2. The molecule has 162 valence electrons. The van der Waals surface area contributed by atoms with Gasteiger partial charge in [0, 0.05) is 23.9 Å². The van der Waals surface area contributed by atoms with Gasteiger partial charge in [0.1, 0.15) is 11.5 Å². The summed E-state index contributed by atoms with van der Waals surface area (Å²) in [6.45, 7) is 4.33. The summed E-state index contributed by atoms with van der Waals surface area (Å²) in [6.07, 6.45) is 0.00669. The molecule has 0 aliphatic rings. The fourth-order valence-corrected chi connectivity index (χ4v) is 2.65. The van der Waals surface area contributed by atoms with E-state index in [1.54, 1.807) is 36.4 Å². The van der Waals surface area contributed by atoms with Gasteiger partial charge in [-0.1, -0.05) is 6.07 Å². The fourth-order valence-electron chi connectivity index (χ4n) is 2.65. The van der Waals surface area contributed by atoms with E-state index in [0.29, 0.717) is 47.5 Å². The zero-order valence-corrected chi connectivity index (χ0v) is 17.7. The Kier molecular flexibility index (Phi) is 8.80. The number of carbonyl (C=O) groups excluding carboxylic acids is 2. The molecule has 0 spiro atoms. The molecule has 0 radical (unpaired) electrons. The van der Waals surface area contributed by atoms with Gasteiger partial charge in [-0.05, 0) is 31.5 Å². The van der Waals surface area contributed by atoms with Crippen LogP contribution >= 0.6 is 0 Å². The monoisotopic (exact) mass is 417 g/mol. The van der Waals surface area contributed by atoms with Crippen LogP contribution in [0.3, 0.4) is 0 Å². The standard InChI is InChI=1S/C22H27NO7/c1-5-28-19-8-7-15(9-20(19)29-6-2)10-22(25)30-14-21(24)23-16-11-17(26-3)13-18(12-16)27-4/h7-9,11-13H,5-6,10,14H2,1-4H3,(H,23,24). The number of hydrogen-bond acceptors (Lipinski definition) is 7. The van der Waals surface area contributed by atoms with Crippen molar-refractivity contribution in [1.29, 1.82) is 0 Å². The minimum Gasteiger partial charge on any atom is -0.497 e. The number of rotatable bonds is 11. The molecule has 0 aromatic heterocycles. The Morgan fingerprint density at radius 2 is 1.50 bits per heavy atom. The molecule has 1 N–H and O–H groups in total. The number of benzene rings is 2. The van der Waals surface area contributed by atoms with Crippen LogP contribution < -0.4 is 24.3 Å². The number of amides is 1. The lowest BCUT2D eigenvalue weighted by Crippen LogP contribution is -2.21. The molecule has 2 aromatic rings. The highest BCUT2D eigenvalue weighted by molar-refractivity contribution is 5.93. The minimum atomic E-state index is -0.528. The normalized spacial score (nSPS) is 10.1. The molecule has 8 heteroatoms. The molecule has 1 amide bonds. The number of nitrogens with one attached hydrogen (secondary N) is 1. The van der Waals surface area contributed by atoms with Crippen LogP contribution in [0.4, 0.5) is 5.69 Å². The molecular weight excluding hydrogens is 390 g/mol. The van der Waals surface area contributed by atoms with Crippen molar-refractivity contribution in [3.63, 3.8) is 0 Å². The van der Waals surface area contributed by atoms with Crippen molar-refractivity contribution >= 4 is 17.6 Å². The molecule has 2 rings (SSSR count). The number of ether oxygens (including phenoxy) is 5. The van der Waals surface area contributed by atoms with Gasteiger partial charge in [0.05, 0.1) is 33.9 Å². The quantitative estimate of drug-likeness (QED) is 0.561. The molecule has 0 fully saturated rings. The maximum absolute atomic E-state index is 12.1. The zero-order chi connectivity index (χ0) is 21.9. The second-order valence-electron chi connectivity index (χ2n) is 6.13. The van der Waals surface area contributed by atoms with Crippen molar-refractivity contribution in [1.82, 2.24) is 0 Å². The highest BCUT2D eigenvalue weighted by Crippen LogP contribution is 2.29. The van der Waals surface area contributed by atoms with Gasteiger partial charge in [0.15, 0.2) is 18.1 Å². The maximum Gasteiger partial charge on any atom is 0.310 e.